The number of hydrogen-bond donors (Lipinski definition) is 1. The van der Waals surface area contributed by atoms with Crippen LogP contribution in [0.4, 0.5) is 0 Å². The van der Waals surface area contributed by atoms with E-state index in [1.165, 1.54) is 0 Å². The first-order chi connectivity index (χ1) is 8.07. The predicted octanol–water partition coefficient (Wildman–Crippen LogP) is 1.99. The number of nitrogens with zero attached hydrogens (tertiary/aromatic N) is 2. The first-order valence-corrected chi connectivity index (χ1v) is 6.49. The van der Waals surface area contributed by atoms with Gasteiger partial charge in [0.1, 0.15) is 0 Å². The molecule has 0 radical (unpaired) electrons. The van der Waals surface area contributed by atoms with Crippen molar-refractivity contribution in [2.24, 2.45) is 0 Å². The lowest BCUT2D eigenvalue weighted by Crippen LogP contribution is -2.38. The SMILES string of the molecule is CC(C)n1cc(C2(O)CC3CCC(C2)O3)cn1. The number of ether oxygens (including phenoxy) is 1. The highest BCUT2D eigenvalue weighted by atomic mass is 16.5. The molecule has 2 bridgehead atoms. The summed E-state index contributed by atoms with van der Waals surface area (Å²) in [4.78, 5) is 0. The Hall–Kier alpha value is -0.870. The van der Waals surface area contributed by atoms with E-state index in [0.717, 1.165) is 18.4 Å². The maximum atomic E-state index is 10.8. The van der Waals surface area contributed by atoms with Gasteiger partial charge < -0.3 is 9.84 Å². The fourth-order valence-corrected chi connectivity index (χ4v) is 3.01. The van der Waals surface area contributed by atoms with Gasteiger partial charge in [0.05, 0.1) is 24.0 Å². The quantitative estimate of drug-likeness (QED) is 0.854. The number of aliphatic hydroxyl groups is 1. The Morgan fingerprint density at radius 2 is 2.06 bits per heavy atom. The van der Waals surface area contributed by atoms with Gasteiger partial charge >= 0.3 is 0 Å². The van der Waals surface area contributed by atoms with E-state index < -0.39 is 5.60 Å². The highest BCUT2D eigenvalue weighted by molar-refractivity contribution is 5.18. The van der Waals surface area contributed by atoms with Gasteiger partial charge in [0.15, 0.2) is 0 Å². The molecule has 2 saturated heterocycles. The zero-order chi connectivity index (χ0) is 12.0. The van der Waals surface area contributed by atoms with Crippen molar-refractivity contribution in [3.8, 4) is 0 Å². The monoisotopic (exact) mass is 236 g/mol. The smallest absolute Gasteiger partial charge is 0.0976 e. The van der Waals surface area contributed by atoms with Crippen molar-refractivity contribution in [2.75, 3.05) is 0 Å². The minimum absolute atomic E-state index is 0.237. The summed E-state index contributed by atoms with van der Waals surface area (Å²) < 4.78 is 7.69. The van der Waals surface area contributed by atoms with Crippen molar-refractivity contribution >= 4 is 0 Å². The molecule has 17 heavy (non-hydrogen) atoms. The summed E-state index contributed by atoms with van der Waals surface area (Å²) in [5.74, 6) is 0. The molecule has 2 unspecified atom stereocenters. The second kappa shape index (κ2) is 3.82. The predicted molar refractivity (Wildman–Crippen MR) is 63.6 cm³/mol. The molecule has 0 spiro atoms. The number of hydrogen-bond acceptors (Lipinski definition) is 3. The molecule has 3 heterocycles. The van der Waals surface area contributed by atoms with Crippen LogP contribution in [0.3, 0.4) is 0 Å². The van der Waals surface area contributed by atoms with Crippen LogP contribution in [-0.4, -0.2) is 27.1 Å². The molecule has 2 atom stereocenters. The van der Waals surface area contributed by atoms with Gasteiger partial charge in [0.25, 0.3) is 0 Å². The van der Waals surface area contributed by atoms with Gasteiger partial charge in [-0.2, -0.15) is 5.10 Å². The van der Waals surface area contributed by atoms with Gasteiger partial charge in [-0.05, 0) is 26.7 Å². The lowest BCUT2D eigenvalue weighted by molar-refractivity contribution is -0.115. The van der Waals surface area contributed by atoms with Crippen molar-refractivity contribution < 1.29 is 9.84 Å². The Morgan fingerprint density at radius 3 is 2.59 bits per heavy atom. The molecular weight excluding hydrogens is 216 g/mol. The van der Waals surface area contributed by atoms with Gasteiger partial charge in [0.2, 0.25) is 0 Å². The van der Waals surface area contributed by atoms with Gasteiger partial charge in [-0.3, -0.25) is 4.68 Å². The van der Waals surface area contributed by atoms with E-state index in [9.17, 15) is 5.11 Å². The van der Waals surface area contributed by atoms with Crippen LogP contribution in [0.1, 0.15) is 51.1 Å². The third-order valence-electron chi connectivity index (χ3n) is 3.99. The van der Waals surface area contributed by atoms with Crippen LogP contribution in [0.15, 0.2) is 12.4 Å². The van der Waals surface area contributed by atoms with Crippen LogP contribution in [-0.2, 0) is 10.3 Å². The molecule has 1 aromatic rings. The fourth-order valence-electron chi connectivity index (χ4n) is 3.01. The first-order valence-electron chi connectivity index (χ1n) is 6.49. The molecule has 2 aliphatic rings. The molecule has 2 fully saturated rings. The maximum absolute atomic E-state index is 10.8. The molecule has 4 nitrogen and oxygen atoms in total. The van der Waals surface area contributed by atoms with Crippen LogP contribution in [0, 0.1) is 0 Å². The fraction of sp³-hybridized carbons (Fsp3) is 0.769. The summed E-state index contributed by atoms with van der Waals surface area (Å²) in [5.41, 5.74) is 0.225. The average Bonchev–Trinajstić information content (AvgIpc) is 2.85. The van der Waals surface area contributed by atoms with Gasteiger partial charge in [0, 0.05) is 30.6 Å². The molecule has 94 valence electrons. The van der Waals surface area contributed by atoms with Crippen LogP contribution in [0.25, 0.3) is 0 Å². The number of rotatable bonds is 2. The van der Waals surface area contributed by atoms with Gasteiger partial charge in [-0.1, -0.05) is 0 Å². The van der Waals surface area contributed by atoms with E-state index in [-0.39, 0.29) is 12.2 Å². The largest absolute Gasteiger partial charge is 0.385 e. The summed E-state index contributed by atoms with van der Waals surface area (Å²) in [6.07, 6.45) is 7.87. The molecule has 3 rings (SSSR count). The first kappa shape index (κ1) is 11.2. The van der Waals surface area contributed by atoms with Crippen molar-refractivity contribution in [3.63, 3.8) is 0 Å². The van der Waals surface area contributed by atoms with Gasteiger partial charge in [-0.25, -0.2) is 0 Å². The number of aromatic nitrogens is 2. The van der Waals surface area contributed by atoms with Crippen LogP contribution < -0.4 is 0 Å². The number of fused-ring (bicyclic) bond motifs is 2. The Labute approximate surface area is 102 Å². The van der Waals surface area contributed by atoms with Crippen LogP contribution in [0.5, 0.6) is 0 Å². The molecule has 4 heteroatoms. The minimum Gasteiger partial charge on any atom is -0.385 e. The second-order valence-corrected chi connectivity index (χ2v) is 5.70. The molecule has 0 aliphatic carbocycles. The molecule has 1 aromatic heterocycles. The lowest BCUT2D eigenvalue weighted by atomic mass is 9.85. The summed E-state index contributed by atoms with van der Waals surface area (Å²) >= 11 is 0. The normalized spacial score (nSPS) is 36.7. The Bertz CT molecular complexity index is 401. The maximum Gasteiger partial charge on any atom is 0.0976 e. The van der Waals surface area contributed by atoms with Crippen molar-refractivity contribution in [1.82, 2.24) is 9.78 Å². The molecule has 0 saturated carbocycles. The van der Waals surface area contributed by atoms with E-state index in [0.29, 0.717) is 18.9 Å². The van der Waals surface area contributed by atoms with Crippen LogP contribution in [0.2, 0.25) is 0 Å². The van der Waals surface area contributed by atoms with Gasteiger partial charge in [-0.15, -0.1) is 0 Å². The highest BCUT2D eigenvalue weighted by Crippen LogP contribution is 2.43. The van der Waals surface area contributed by atoms with Crippen molar-refractivity contribution in [2.45, 2.75) is 63.4 Å². The molecule has 1 N–H and O–H groups in total. The van der Waals surface area contributed by atoms with E-state index in [2.05, 4.69) is 18.9 Å². The highest BCUT2D eigenvalue weighted by Gasteiger charge is 2.45. The summed E-state index contributed by atoms with van der Waals surface area (Å²) in [6.45, 7) is 4.18. The lowest BCUT2D eigenvalue weighted by Gasteiger charge is -2.35. The summed E-state index contributed by atoms with van der Waals surface area (Å²) in [7, 11) is 0. The van der Waals surface area contributed by atoms with E-state index in [4.69, 9.17) is 4.74 Å². The zero-order valence-electron chi connectivity index (χ0n) is 10.5. The molecule has 0 aromatic carbocycles. The second-order valence-electron chi connectivity index (χ2n) is 5.70. The topological polar surface area (TPSA) is 47.3 Å². The molecule has 2 aliphatic heterocycles. The summed E-state index contributed by atoms with van der Waals surface area (Å²) in [6, 6.07) is 0.337. The average molecular weight is 236 g/mol. The van der Waals surface area contributed by atoms with E-state index in [1.807, 2.05) is 17.1 Å². The molecule has 0 amide bonds. The Balaban J connectivity index is 1.86. The zero-order valence-corrected chi connectivity index (χ0v) is 10.5. The van der Waals surface area contributed by atoms with Crippen LogP contribution >= 0.6 is 0 Å². The standard InChI is InChI=1S/C13H20N2O2/c1-9(2)15-8-10(7-14-15)13(16)5-11-3-4-12(6-13)17-11/h7-9,11-12,16H,3-6H2,1-2H3. The molecular formula is C13H20N2O2. The van der Waals surface area contributed by atoms with E-state index in [1.54, 1.807) is 0 Å². The van der Waals surface area contributed by atoms with Crippen molar-refractivity contribution in [1.29, 1.82) is 0 Å². The third kappa shape index (κ3) is 1.89. The van der Waals surface area contributed by atoms with E-state index >= 15 is 0 Å². The summed E-state index contributed by atoms with van der Waals surface area (Å²) in [5, 5.41) is 15.1. The Morgan fingerprint density at radius 1 is 1.41 bits per heavy atom. The van der Waals surface area contributed by atoms with Crippen molar-refractivity contribution in [3.05, 3.63) is 18.0 Å². The minimum atomic E-state index is -0.725. The third-order valence-corrected chi connectivity index (χ3v) is 3.99. The Kier molecular flexibility index (Phi) is 2.52.